The second-order valence-electron chi connectivity index (χ2n) is 7.16. The largest absolute Gasteiger partial charge is 0.454 e. The van der Waals surface area contributed by atoms with Crippen LogP contribution in [0.25, 0.3) is 0 Å². The second-order valence-corrected chi connectivity index (χ2v) is 7.16. The molecule has 0 aliphatic carbocycles. The van der Waals surface area contributed by atoms with E-state index in [0.717, 1.165) is 5.56 Å². The molecule has 1 aromatic rings. The fraction of sp³-hybridized carbons (Fsp3) is 0.550. The zero-order valence-corrected chi connectivity index (χ0v) is 16.2. The number of benzene rings is 1. The number of hydrogen-bond donors (Lipinski definition) is 2. The topological polar surface area (TPSA) is 84.5 Å². The Bertz CT molecular complexity index is 599. The van der Waals surface area contributed by atoms with Crippen molar-refractivity contribution in [3.05, 3.63) is 35.9 Å². The van der Waals surface area contributed by atoms with Crippen molar-refractivity contribution in [2.75, 3.05) is 6.61 Å². The summed E-state index contributed by atoms with van der Waals surface area (Å²) in [5, 5.41) is 5.48. The highest BCUT2D eigenvalue weighted by molar-refractivity contribution is 5.87. The molecule has 0 saturated carbocycles. The molecule has 0 fully saturated rings. The van der Waals surface area contributed by atoms with Crippen molar-refractivity contribution in [3.63, 3.8) is 0 Å². The van der Waals surface area contributed by atoms with Crippen LogP contribution in [0.4, 0.5) is 0 Å². The summed E-state index contributed by atoms with van der Waals surface area (Å²) in [4.78, 5) is 36.3. The van der Waals surface area contributed by atoms with Crippen LogP contribution in [0.15, 0.2) is 30.3 Å². The first-order valence-corrected chi connectivity index (χ1v) is 9.00. The van der Waals surface area contributed by atoms with E-state index in [9.17, 15) is 14.4 Å². The third-order valence-corrected chi connectivity index (χ3v) is 4.18. The monoisotopic (exact) mass is 362 g/mol. The van der Waals surface area contributed by atoms with E-state index < -0.39 is 12.0 Å². The van der Waals surface area contributed by atoms with E-state index in [1.165, 1.54) is 0 Å². The minimum absolute atomic E-state index is 0.00678. The molecular weight excluding hydrogens is 332 g/mol. The van der Waals surface area contributed by atoms with Gasteiger partial charge < -0.3 is 15.4 Å². The molecular formula is C20H30N2O4. The Labute approximate surface area is 155 Å². The number of nitrogens with one attached hydrogen (secondary N) is 2. The highest BCUT2D eigenvalue weighted by Gasteiger charge is 2.26. The fourth-order valence-corrected chi connectivity index (χ4v) is 2.19. The summed E-state index contributed by atoms with van der Waals surface area (Å²) in [6, 6.07) is 8.49. The highest BCUT2D eigenvalue weighted by atomic mass is 16.5. The Hall–Kier alpha value is -2.37. The van der Waals surface area contributed by atoms with Crippen molar-refractivity contribution < 1.29 is 19.1 Å². The minimum Gasteiger partial charge on any atom is -0.454 e. The Morgan fingerprint density at radius 3 is 2.04 bits per heavy atom. The fourth-order valence-electron chi connectivity index (χ4n) is 2.19. The highest BCUT2D eigenvalue weighted by Crippen LogP contribution is 2.06. The lowest BCUT2D eigenvalue weighted by Crippen LogP contribution is -2.47. The Morgan fingerprint density at radius 1 is 0.885 bits per heavy atom. The van der Waals surface area contributed by atoms with Crippen LogP contribution in [0.1, 0.15) is 40.2 Å². The van der Waals surface area contributed by atoms with E-state index >= 15 is 0 Å². The molecule has 26 heavy (non-hydrogen) atoms. The molecule has 0 aliphatic rings. The van der Waals surface area contributed by atoms with Crippen LogP contribution in [-0.2, 0) is 25.5 Å². The number of esters is 1. The Balaban J connectivity index is 2.53. The molecule has 2 amide bonds. The molecule has 0 saturated heterocycles. The molecule has 1 rings (SSSR count). The SMILES string of the molecule is CC(C)[C@H](NC(=O)Cc1ccccc1)C(=O)OCC(=O)N[C@H](C)C(C)C. The van der Waals surface area contributed by atoms with Gasteiger partial charge in [0, 0.05) is 6.04 Å². The molecule has 144 valence electrons. The van der Waals surface area contributed by atoms with E-state index in [0.29, 0.717) is 0 Å². The first kappa shape index (κ1) is 21.7. The summed E-state index contributed by atoms with van der Waals surface area (Å²) in [5.41, 5.74) is 0.864. The van der Waals surface area contributed by atoms with Crippen LogP contribution in [-0.4, -0.2) is 36.5 Å². The molecule has 0 aliphatic heterocycles. The van der Waals surface area contributed by atoms with E-state index in [1.54, 1.807) is 0 Å². The summed E-state index contributed by atoms with van der Waals surface area (Å²) >= 11 is 0. The van der Waals surface area contributed by atoms with Gasteiger partial charge >= 0.3 is 5.97 Å². The molecule has 0 unspecified atom stereocenters. The zero-order chi connectivity index (χ0) is 19.7. The predicted octanol–water partition coefficient (Wildman–Crippen LogP) is 2.07. The average molecular weight is 362 g/mol. The maximum absolute atomic E-state index is 12.3. The lowest BCUT2D eigenvalue weighted by atomic mass is 10.0. The summed E-state index contributed by atoms with van der Waals surface area (Å²) in [6.45, 7) is 9.16. The van der Waals surface area contributed by atoms with Gasteiger partial charge in [0.25, 0.3) is 5.91 Å². The van der Waals surface area contributed by atoms with Crippen molar-refractivity contribution in [2.45, 2.75) is 53.1 Å². The number of carbonyl (C=O) groups is 3. The molecule has 6 nitrogen and oxygen atoms in total. The lowest BCUT2D eigenvalue weighted by Gasteiger charge is -2.21. The van der Waals surface area contributed by atoms with Gasteiger partial charge in [0.15, 0.2) is 6.61 Å². The van der Waals surface area contributed by atoms with Crippen LogP contribution in [0.3, 0.4) is 0 Å². The molecule has 0 radical (unpaired) electrons. The quantitative estimate of drug-likeness (QED) is 0.659. The molecule has 0 spiro atoms. The van der Waals surface area contributed by atoms with E-state index in [-0.39, 0.29) is 42.7 Å². The van der Waals surface area contributed by atoms with Gasteiger partial charge in [-0.15, -0.1) is 0 Å². The van der Waals surface area contributed by atoms with E-state index in [1.807, 2.05) is 65.0 Å². The van der Waals surface area contributed by atoms with Gasteiger partial charge in [0.05, 0.1) is 6.42 Å². The summed E-state index contributed by atoms with van der Waals surface area (Å²) < 4.78 is 5.09. The van der Waals surface area contributed by atoms with E-state index in [4.69, 9.17) is 4.74 Å². The minimum atomic E-state index is -0.790. The van der Waals surface area contributed by atoms with Crippen molar-refractivity contribution >= 4 is 17.8 Å². The van der Waals surface area contributed by atoms with Crippen LogP contribution in [0, 0.1) is 11.8 Å². The van der Waals surface area contributed by atoms with Gasteiger partial charge in [0.1, 0.15) is 6.04 Å². The number of ether oxygens (including phenoxy) is 1. The van der Waals surface area contributed by atoms with Gasteiger partial charge in [-0.25, -0.2) is 4.79 Å². The van der Waals surface area contributed by atoms with E-state index in [2.05, 4.69) is 10.6 Å². The summed E-state index contributed by atoms with van der Waals surface area (Å²) in [6.07, 6.45) is 0.184. The second kappa shape index (κ2) is 10.6. The summed E-state index contributed by atoms with van der Waals surface area (Å²) in [7, 11) is 0. The molecule has 0 heterocycles. The van der Waals surface area contributed by atoms with Gasteiger partial charge in [-0.2, -0.15) is 0 Å². The molecule has 0 aromatic heterocycles. The first-order valence-electron chi connectivity index (χ1n) is 9.00. The van der Waals surface area contributed by atoms with Gasteiger partial charge in [-0.3, -0.25) is 9.59 Å². The van der Waals surface area contributed by atoms with Crippen molar-refractivity contribution in [3.8, 4) is 0 Å². The molecule has 0 bridgehead atoms. The number of carbonyl (C=O) groups excluding carboxylic acids is 3. The molecule has 6 heteroatoms. The van der Waals surface area contributed by atoms with Crippen molar-refractivity contribution in [1.82, 2.24) is 10.6 Å². The van der Waals surface area contributed by atoms with Gasteiger partial charge in [-0.05, 0) is 24.3 Å². The number of rotatable bonds is 9. The zero-order valence-electron chi connectivity index (χ0n) is 16.2. The Morgan fingerprint density at radius 2 is 1.50 bits per heavy atom. The molecule has 2 N–H and O–H groups in total. The number of amides is 2. The smallest absolute Gasteiger partial charge is 0.329 e. The van der Waals surface area contributed by atoms with Gasteiger partial charge in [-0.1, -0.05) is 58.0 Å². The normalized spacial score (nSPS) is 13.2. The van der Waals surface area contributed by atoms with Crippen LogP contribution < -0.4 is 10.6 Å². The van der Waals surface area contributed by atoms with Gasteiger partial charge in [0.2, 0.25) is 5.91 Å². The standard InChI is InChI=1S/C20H30N2O4/c1-13(2)15(5)21-18(24)12-26-20(25)19(14(3)4)22-17(23)11-16-9-7-6-8-10-16/h6-10,13-15,19H,11-12H2,1-5H3,(H,21,24)(H,22,23)/t15-,19+/m1/s1. The average Bonchev–Trinajstić information content (AvgIpc) is 2.58. The third-order valence-electron chi connectivity index (χ3n) is 4.18. The first-order chi connectivity index (χ1) is 12.2. The van der Waals surface area contributed by atoms with Crippen LogP contribution in [0.2, 0.25) is 0 Å². The molecule has 2 atom stereocenters. The molecule has 1 aromatic carbocycles. The summed E-state index contributed by atoms with van der Waals surface area (Å²) in [5.74, 6) is -1.08. The van der Waals surface area contributed by atoms with Crippen LogP contribution in [0.5, 0.6) is 0 Å². The van der Waals surface area contributed by atoms with Crippen molar-refractivity contribution in [2.24, 2.45) is 11.8 Å². The Kier molecular flexibility index (Phi) is 8.82. The maximum atomic E-state index is 12.3. The number of hydrogen-bond acceptors (Lipinski definition) is 4. The van der Waals surface area contributed by atoms with Crippen LogP contribution >= 0.6 is 0 Å². The third kappa shape index (κ3) is 7.68. The predicted molar refractivity (Wildman–Crippen MR) is 100 cm³/mol. The van der Waals surface area contributed by atoms with Crippen molar-refractivity contribution in [1.29, 1.82) is 0 Å². The maximum Gasteiger partial charge on any atom is 0.329 e. The lowest BCUT2D eigenvalue weighted by molar-refractivity contribution is -0.153.